The summed E-state index contributed by atoms with van der Waals surface area (Å²) in [6, 6.07) is 10.5. The SMILES string of the molecule is CC(c1ccccc1)[C@H](C)C(C)(C)CO. The average molecular weight is 206 g/mol. The first-order chi connectivity index (χ1) is 6.99. The molecule has 0 spiro atoms. The predicted octanol–water partition coefficient (Wildman–Crippen LogP) is 3.44. The largest absolute Gasteiger partial charge is 0.396 e. The molecule has 0 bridgehead atoms. The highest BCUT2D eigenvalue weighted by molar-refractivity contribution is 5.19. The Morgan fingerprint density at radius 2 is 1.67 bits per heavy atom. The summed E-state index contributed by atoms with van der Waals surface area (Å²) in [5, 5.41) is 9.36. The van der Waals surface area contributed by atoms with Crippen molar-refractivity contribution in [1.82, 2.24) is 0 Å². The number of hydrogen-bond acceptors (Lipinski definition) is 1. The lowest BCUT2D eigenvalue weighted by atomic mass is 9.72. The van der Waals surface area contributed by atoms with Crippen LogP contribution in [0.1, 0.15) is 39.2 Å². The van der Waals surface area contributed by atoms with Gasteiger partial charge in [0.1, 0.15) is 0 Å². The zero-order valence-electron chi connectivity index (χ0n) is 10.2. The van der Waals surface area contributed by atoms with Crippen molar-refractivity contribution in [3.8, 4) is 0 Å². The molecule has 0 aliphatic carbocycles. The van der Waals surface area contributed by atoms with Crippen LogP contribution in [-0.2, 0) is 0 Å². The van der Waals surface area contributed by atoms with Gasteiger partial charge in [0.2, 0.25) is 0 Å². The van der Waals surface area contributed by atoms with E-state index in [4.69, 9.17) is 0 Å². The molecule has 0 aliphatic heterocycles. The molecule has 1 rings (SSSR count). The summed E-state index contributed by atoms with van der Waals surface area (Å²) in [5.74, 6) is 0.943. The van der Waals surface area contributed by atoms with Crippen LogP contribution < -0.4 is 0 Å². The first-order valence-electron chi connectivity index (χ1n) is 5.65. The van der Waals surface area contributed by atoms with Crippen LogP contribution in [-0.4, -0.2) is 11.7 Å². The molecule has 0 heterocycles. The van der Waals surface area contributed by atoms with Crippen LogP contribution in [0.15, 0.2) is 30.3 Å². The second-order valence-corrected chi connectivity index (χ2v) is 5.13. The van der Waals surface area contributed by atoms with Gasteiger partial charge in [-0.15, -0.1) is 0 Å². The Morgan fingerprint density at radius 3 is 2.13 bits per heavy atom. The Bertz CT molecular complexity index is 289. The van der Waals surface area contributed by atoms with E-state index in [9.17, 15) is 5.11 Å². The molecule has 0 aliphatic rings. The van der Waals surface area contributed by atoms with E-state index in [1.165, 1.54) is 5.56 Å². The molecule has 1 N–H and O–H groups in total. The van der Waals surface area contributed by atoms with Gasteiger partial charge in [-0.1, -0.05) is 58.0 Å². The minimum absolute atomic E-state index is 0.0186. The predicted molar refractivity (Wildman–Crippen MR) is 64.9 cm³/mol. The van der Waals surface area contributed by atoms with Crippen molar-refractivity contribution in [1.29, 1.82) is 0 Å². The molecule has 0 saturated heterocycles. The van der Waals surface area contributed by atoms with Gasteiger partial charge in [0, 0.05) is 6.61 Å². The van der Waals surface area contributed by atoms with E-state index in [2.05, 4.69) is 52.0 Å². The van der Waals surface area contributed by atoms with E-state index >= 15 is 0 Å². The lowest BCUT2D eigenvalue weighted by Crippen LogP contribution is -2.29. The van der Waals surface area contributed by atoms with Crippen LogP contribution in [0.25, 0.3) is 0 Å². The highest BCUT2D eigenvalue weighted by Gasteiger charge is 2.29. The summed E-state index contributed by atoms with van der Waals surface area (Å²) < 4.78 is 0. The third-order valence-corrected chi connectivity index (χ3v) is 3.72. The van der Waals surface area contributed by atoms with Crippen molar-refractivity contribution in [2.24, 2.45) is 11.3 Å². The van der Waals surface area contributed by atoms with E-state index in [1.54, 1.807) is 0 Å². The fourth-order valence-electron chi connectivity index (χ4n) is 1.87. The average Bonchev–Trinajstić information content (AvgIpc) is 2.28. The maximum Gasteiger partial charge on any atom is 0.0484 e. The van der Waals surface area contributed by atoms with Crippen molar-refractivity contribution in [2.75, 3.05) is 6.61 Å². The summed E-state index contributed by atoms with van der Waals surface area (Å²) in [4.78, 5) is 0. The first kappa shape index (κ1) is 12.3. The Hall–Kier alpha value is -0.820. The van der Waals surface area contributed by atoms with Gasteiger partial charge in [-0.3, -0.25) is 0 Å². The smallest absolute Gasteiger partial charge is 0.0484 e. The number of rotatable bonds is 4. The third kappa shape index (κ3) is 2.82. The Morgan fingerprint density at radius 1 is 1.13 bits per heavy atom. The summed E-state index contributed by atoms with van der Waals surface area (Å²) in [6.45, 7) is 8.94. The molecule has 15 heavy (non-hydrogen) atoms. The quantitative estimate of drug-likeness (QED) is 0.800. The summed E-state index contributed by atoms with van der Waals surface area (Å²) >= 11 is 0. The Labute approximate surface area is 93.1 Å². The maximum absolute atomic E-state index is 9.36. The molecular weight excluding hydrogens is 184 g/mol. The monoisotopic (exact) mass is 206 g/mol. The topological polar surface area (TPSA) is 20.2 Å². The number of benzene rings is 1. The lowest BCUT2D eigenvalue weighted by Gasteiger charge is -2.34. The molecule has 0 radical (unpaired) electrons. The van der Waals surface area contributed by atoms with Crippen molar-refractivity contribution >= 4 is 0 Å². The Kier molecular flexibility index (Phi) is 3.92. The zero-order chi connectivity index (χ0) is 11.5. The summed E-state index contributed by atoms with van der Waals surface area (Å²) in [5.41, 5.74) is 1.33. The van der Waals surface area contributed by atoms with Gasteiger partial charge in [0.15, 0.2) is 0 Å². The van der Waals surface area contributed by atoms with E-state index in [0.29, 0.717) is 11.8 Å². The molecule has 1 nitrogen and oxygen atoms in total. The summed E-state index contributed by atoms with van der Waals surface area (Å²) in [7, 11) is 0. The molecule has 1 aromatic carbocycles. The fraction of sp³-hybridized carbons (Fsp3) is 0.571. The zero-order valence-corrected chi connectivity index (χ0v) is 10.2. The van der Waals surface area contributed by atoms with Crippen molar-refractivity contribution in [3.05, 3.63) is 35.9 Å². The van der Waals surface area contributed by atoms with E-state index in [1.807, 2.05) is 6.07 Å². The van der Waals surface area contributed by atoms with Gasteiger partial charge < -0.3 is 5.11 Å². The van der Waals surface area contributed by atoms with Crippen LogP contribution in [0.5, 0.6) is 0 Å². The van der Waals surface area contributed by atoms with Gasteiger partial charge in [-0.2, -0.15) is 0 Å². The highest BCUT2D eigenvalue weighted by Crippen LogP contribution is 2.37. The van der Waals surface area contributed by atoms with Crippen LogP contribution >= 0.6 is 0 Å². The van der Waals surface area contributed by atoms with Gasteiger partial charge in [-0.25, -0.2) is 0 Å². The molecule has 2 atom stereocenters. The molecule has 1 unspecified atom stereocenters. The molecular formula is C14H22O. The molecule has 1 heteroatoms. The molecule has 0 fully saturated rings. The maximum atomic E-state index is 9.36. The van der Waals surface area contributed by atoms with Crippen LogP contribution in [0.4, 0.5) is 0 Å². The van der Waals surface area contributed by atoms with Gasteiger partial charge in [-0.05, 0) is 22.8 Å². The third-order valence-electron chi connectivity index (χ3n) is 3.72. The summed E-state index contributed by atoms with van der Waals surface area (Å²) in [6.07, 6.45) is 0. The van der Waals surface area contributed by atoms with E-state index in [-0.39, 0.29) is 12.0 Å². The molecule has 84 valence electrons. The Balaban J connectivity index is 2.82. The lowest BCUT2D eigenvalue weighted by molar-refractivity contribution is 0.0927. The molecule has 0 saturated carbocycles. The van der Waals surface area contributed by atoms with Crippen LogP contribution in [0, 0.1) is 11.3 Å². The second-order valence-electron chi connectivity index (χ2n) is 5.13. The number of aliphatic hydroxyl groups excluding tert-OH is 1. The number of hydrogen-bond donors (Lipinski definition) is 1. The molecule has 0 aromatic heterocycles. The second kappa shape index (κ2) is 4.80. The van der Waals surface area contributed by atoms with E-state index < -0.39 is 0 Å². The van der Waals surface area contributed by atoms with Crippen LogP contribution in [0.3, 0.4) is 0 Å². The highest BCUT2D eigenvalue weighted by atomic mass is 16.3. The molecule has 0 amide bonds. The van der Waals surface area contributed by atoms with Crippen molar-refractivity contribution in [2.45, 2.75) is 33.6 Å². The standard InChI is InChI=1S/C14H22O/c1-11(12(2)14(3,4)10-15)13-8-6-5-7-9-13/h5-9,11-12,15H,10H2,1-4H3/t11?,12-/m0/s1. The normalized spacial score (nSPS) is 16.1. The van der Waals surface area contributed by atoms with Gasteiger partial charge in [0.05, 0.1) is 0 Å². The van der Waals surface area contributed by atoms with Crippen LogP contribution in [0.2, 0.25) is 0 Å². The number of aliphatic hydroxyl groups is 1. The minimum Gasteiger partial charge on any atom is -0.396 e. The van der Waals surface area contributed by atoms with Gasteiger partial charge in [0.25, 0.3) is 0 Å². The van der Waals surface area contributed by atoms with E-state index in [0.717, 1.165) is 0 Å². The van der Waals surface area contributed by atoms with Gasteiger partial charge >= 0.3 is 0 Å². The van der Waals surface area contributed by atoms with Crippen molar-refractivity contribution in [3.63, 3.8) is 0 Å². The fourth-order valence-corrected chi connectivity index (χ4v) is 1.87. The minimum atomic E-state index is -0.0186. The van der Waals surface area contributed by atoms with Crippen molar-refractivity contribution < 1.29 is 5.11 Å². The molecule has 1 aromatic rings. The first-order valence-corrected chi connectivity index (χ1v) is 5.65.